The summed E-state index contributed by atoms with van der Waals surface area (Å²) in [5.41, 5.74) is 17.4. The summed E-state index contributed by atoms with van der Waals surface area (Å²) in [6, 6.07) is 65.4. The summed E-state index contributed by atoms with van der Waals surface area (Å²) < 4.78 is 0. The third-order valence-corrected chi connectivity index (χ3v) is 10.3. The summed E-state index contributed by atoms with van der Waals surface area (Å²) in [5, 5.41) is 0. The molecular formula is C47H30N2. The van der Waals surface area contributed by atoms with E-state index in [4.69, 9.17) is 9.97 Å². The van der Waals surface area contributed by atoms with E-state index in [0.717, 1.165) is 39.2 Å². The molecule has 0 saturated carbocycles. The second kappa shape index (κ2) is 10.8. The zero-order chi connectivity index (χ0) is 32.4. The summed E-state index contributed by atoms with van der Waals surface area (Å²) in [6.45, 7) is 0. The molecule has 0 saturated heterocycles. The highest BCUT2D eigenvalue weighted by atomic mass is 14.9. The van der Waals surface area contributed by atoms with E-state index in [0.29, 0.717) is 5.82 Å². The average Bonchev–Trinajstić information content (AvgIpc) is 3.65. The Bertz CT molecular complexity index is 2430. The summed E-state index contributed by atoms with van der Waals surface area (Å²) in [7, 11) is 0. The van der Waals surface area contributed by atoms with Gasteiger partial charge in [-0.2, -0.15) is 0 Å². The van der Waals surface area contributed by atoms with Gasteiger partial charge in [-0.15, -0.1) is 0 Å². The third-order valence-electron chi connectivity index (χ3n) is 10.3. The summed E-state index contributed by atoms with van der Waals surface area (Å²) in [4.78, 5) is 10.4. The van der Waals surface area contributed by atoms with Crippen LogP contribution in [0.5, 0.6) is 0 Å². The Hall–Kier alpha value is -6.38. The van der Waals surface area contributed by atoms with E-state index in [1.807, 2.05) is 12.1 Å². The Morgan fingerprint density at radius 1 is 0.286 bits per heavy atom. The van der Waals surface area contributed by atoms with Crippen LogP contribution in [0.2, 0.25) is 0 Å². The van der Waals surface area contributed by atoms with Crippen molar-refractivity contribution in [3.8, 4) is 67.3 Å². The fourth-order valence-corrected chi connectivity index (χ4v) is 8.27. The van der Waals surface area contributed by atoms with E-state index >= 15 is 0 Å². The fourth-order valence-electron chi connectivity index (χ4n) is 8.27. The van der Waals surface area contributed by atoms with Gasteiger partial charge in [0.1, 0.15) is 0 Å². The second-order valence-electron chi connectivity index (χ2n) is 12.9. The van der Waals surface area contributed by atoms with Crippen LogP contribution < -0.4 is 0 Å². The second-order valence-corrected chi connectivity index (χ2v) is 12.9. The maximum absolute atomic E-state index is 5.21. The number of benzene rings is 7. The van der Waals surface area contributed by atoms with Crippen molar-refractivity contribution in [2.24, 2.45) is 0 Å². The van der Waals surface area contributed by atoms with Gasteiger partial charge in [-0.25, -0.2) is 9.97 Å². The van der Waals surface area contributed by atoms with Gasteiger partial charge in [0.05, 0.1) is 16.8 Å². The Labute approximate surface area is 286 Å². The van der Waals surface area contributed by atoms with Crippen LogP contribution in [0.25, 0.3) is 67.3 Å². The lowest BCUT2D eigenvalue weighted by atomic mass is 9.70. The number of nitrogens with zero attached hydrogens (tertiary/aromatic N) is 2. The van der Waals surface area contributed by atoms with Crippen LogP contribution in [-0.2, 0) is 5.41 Å². The number of aromatic nitrogens is 2. The fraction of sp³-hybridized carbons (Fsp3) is 0.0213. The first-order chi connectivity index (χ1) is 24.3. The van der Waals surface area contributed by atoms with E-state index in [9.17, 15) is 0 Å². The first-order valence-electron chi connectivity index (χ1n) is 16.8. The molecule has 2 heteroatoms. The molecular weight excluding hydrogens is 593 g/mol. The predicted molar refractivity (Wildman–Crippen MR) is 200 cm³/mol. The van der Waals surface area contributed by atoms with Crippen molar-refractivity contribution in [3.63, 3.8) is 0 Å². The van der Waals surface area contributed by atoms with Crippen molar-refractivity contribution >= 4 is 0 Å². The lowest BCUT2D eigenvalue weighted by Gasteiger charge is -2.30. The maximum atomic E-state index is 5.21. The number of hydrogen-bond donors (Lipinski definition) is 0. The van der Waals surface area contributed by atoms with Crippen LogP contribution in [0, 0.1) is 0 Å². The predicted octanol–water partition coefficient (Wildman–Crippen LogP) is 11.5. The van der Waals surface area contributed by atoms with Crippen LogP contribution >= 0.6 is 0 Å². The summed E-state index contributed by atoms with van der Waals surface area (Å²) in [5.74, 6) is 0.714. The standard InChI is InChI=1S/C47H30N2/c1-3-15-31(16-4-1)44-30-45(32-17-5-2-6-18-32)49-46(48-44)39-23-8-7-19-34(39)33-27-28-38-37-22-11-14-26-42(37)47(43(38)29-33)40-24-12-9-20-35(40)36-21-10-13-25-41(36)47/h1-30H. The van der Waals surface area contributed by atoms with Gasteiger partial charge in [0.15, 0.2) is 5.82 Å². The summed E-state index contributed by atoms with van der Waals surface area (Å²) >= 11 is 0. The number of rotatable bonds is 4. The average molecular weight is 623 g/mol. The van der Waals surface area contributed by atoms with Crippen molar-refractivity contribution in [2.45, 2.75) is 5.41 Å². The first kappa shape index (κ1) is 27.7. The third kappa shape index (κ3) is 4.07. The SMILES string of the molecule is c1ccc(-c2cc(-c3ccccc3)nc(-c3ccccc3-c3ccc4c(c3)C3(c5ccccc5-c5ccccc53)c3ccccc3-4)n2)cc1. The molecule has 0 fully saturated rings. The minimum atomic E-state index is -0.395. The molecule has 1 aromatic heterocycles. The van der Waals surface area contributed by atoms with E-state index < -0.39 is 5.41 Å². The molecule has 0 N–H and O–H groups in total. The maximum Gasteiger partial charge on any atom is 0.161 e. The van der Waals surface area contributed by atoms with Crippen molar-refractivity contribution in [1.29, 1.82) is 0 Å². The quantitative estimate of drug-likeness (QED) is 0.195. The van der Waals surface area contributed by atoms with Crippen molar-refractivity contribution in [3.05, 3.63) is 204 Å². The highest BCUT2D eigenvalue weighted by Gasteiger charge is 2.51. The van der Waals surface area contributed by atoms with Gasteiger partial charge in [-0.3, -0.25) is 0 Å². The number of hydrogen-bond acceptors (Lipinski definition) is 2. The van der Waals surface area contributed by atoms with Gasteiger partial charge in [0.25, 0.3) is 0 Å². The first-order valence-corrected chi connectivity index (χ1v) is 16.8. The van der Waals surface area contributed by atoms with Crippen molar-refractivity contribution < 1.29 is 0 Å². The molecule has 0 amide bonds. The van der Waals surface area contributed by atoms with E-state index in [-0.39, 0.29) is 0 Å². The van der Waals surface area contributed by atoms with Gasteiger partial charge in [0, 0.05) is 16.7 Å². The molecule has 1 heterocycles. The van der Waals surface area contributed by atoms with Gasteiger partial charge >= 0.3 is 0 Å². The largest absolute Gasteiger partial charge is 0.228 e. The Kier molecular flexibility index (Phi) is 6.13. The Morgan fingerprint density at radius 2 is 0.694 bits per heavy atom. The topological polar surface area (TPSA) is 25.8 Å². The molecule has 2 nitrogen and oxygen atoms in total. The molecule has 0 atom stereocenters. The molecule has 0 aliphatic heterocycles. The molecule has 10 rings (SSSR count). The molecule has 0 bridgehead atoms. The molecule has 228 valence electrons. The molecule has 2 aliphatic carbocycles. The van der Waals surface area contributed by atoms with Crippen LogP contribution in [-0.4, -0.2) is 9.97 Å². The highest BCUT2D eigenvalue weighted by Crippen LogP contribution is 2.63. The normalized spacial score (nSPS) is 13.1. The molecule has 0 unspecified atom stereocenters. The molecule has 1 spiro atoms. The molecule has 8 aromatic rings. The Balaban J connectivity index is 1.21. The van der Waals surface area contributed by atoms with E-state index in [1.54, 1.807) is 0 Å². The number of fused-ring (bicyclic) bond motifs is 10. The van der Waals surface area contributed by atoms with E-state index in [2.05, 4.69) is 170 Å². The molecule has 7 aromatic carbocycles. The molecule has 0 radical (unpaired) electrons. The zero-order valence-corrected chi connectivity index (χ0v) is 26.7. The van der Waals surface area contributed by atoms with Crippen LogP contribution in [0.1, 0.15) is 22.3 Å². The van der Waals surface area contributed by atoms with Crippen molar-refractivity contribution in [1.82, 2.24) is 9.97 Å². The van der Waals surface area contributed by atoms with Crippen LogP contribution in [0.3, 0.4) is 0 Å². The smallest absolute Gasteiger partial charge is 0.161 e. The Morgan fingerprint density at radius 3 is 1.20 bits per heavy atom. The lowest BCUT2D eigenvalue weighted by Crippen LogP contribution is -2.25. The molecule has 49 heavy (non-hydrogen) atoms. The van der Waals surface area contributed by atoms with E-state index in [1.165, 1.54) is 44.5 Å². The highest BCUT2D eigenvalue weighted by molar-refractivity contribution is 5.96. The monoisotopic (exact) mass is 622 g/mol. The zero-order valence-electron chi connectivity index (χ0n) is 26.7. The van der Waals surface area contributed by atoms with Gasteiger partial charge in [-0.1, -0.05) is 170 Å². The van der Waals surface area contributed by atoms with Crippen LogP contribution in [0.15, 0.2) is 182 Å². The van der Waals surface area contributed by atoms with Crippen LogP contribution in [0.4, 0.5) is 0 Å². The van der Waals surface area contributed by atoms with Gasteiger partial charge in [-0.05, 0) is 67.8 Å². The van der Waals surface area contributed by atoms with Gasteiger partial charge < -0.3 is 0 Å². The molecule has 2 aliphatic rings. The summed E-state index contributed by atoms with van der Waals surface area (Å²) in [6.07, 6.45) is 0. The minimum Gasteiger partial charge on any atom is -0.228 e. The van der Waals surface area contributed by atoms with Crippen molar-refractivity contribution in [2.75, 3.05) is 0 Å². The van der Waals surface area contributed by atoms with Gasteiger partial charge in [0.2, 0.25) is 0 Å². The lowest BCUT2D eigenvalue weighted by molar-refractivity contribution is 0.794. The minimum absolute atomic E-state index is 0.395.